The Labute approximate surface area is 107 Å². The van der Waals surface area contributed by atoms with Crippen molar-refractivity contribution in [3.63, 3.8) is 0 Å². The maximum absolute atomic E-state index is 11.7. The maximum atomic E-state index is 11.7. The van der Waals surface area contributed by atoms with E-state index in [0.717, 1.165) is 19.3 Å². The number of hydrogen-bond acceptors (Lipinski definition) is 4. The van der Waals surface area contributed by atoms with E-state index in [-0.39, 0.29) is 18.2 Å². The number of furan rings is 1. The topological polar surface area (TPSA) is 94.3 Å². The van der Waals surface area contributed by atoms with Gasteiger partial charge in [0.05, 0.1) is 6.54 Å². The van der Waals surface area contributed by atoms with E-state index in [1.807, 2.05) is 0 Å². The lowest BCUT2D eigenvalue weighted by atomic mass is 10.2. The first-order valence-electron chi connectivity index (χ1n) is 6.05. The minimum atomic E-state index is -0.219. The standard InChI is InChI=1S/C13H19N3O2/c14-8-2-1-3-10-16-13(17)12-7-6-11(18-12)5-4-9-15/h6-7H,1-3,8-10,14-15H2,(H,16,17). The molecule has 0 bridgehead atoms. The largest absolute Gasteiger partial charge is 0.443 e. The van der Waals surface area contributed by atoms with Crippen LogP contribution in [-0.4, -0.2) is 25.5 Å². The van der Waals surface area contributed by atoms with Gasteiger partial charge in [-0.25, -0.2) is 0 Å². The number of carbonyl (C=O) groups excluding carboxylic acids is 1. The lowest BCUT2D eigenvalue weighted by Crippen LogP contribution is -2.24. The Bertz CT molecular complexity index is 429. The molecule has 5 heteroatoms. The summed E-state index contributed by atoms with van der Waals surface area (Å²) in [5.74, 6) is 5.90. The molecule has 0 saturated heterocycles. The van der Waals surface area contributed by atoms with Crippen molar-refractivity contribution in [3.8, 4) is 11.8 Å². The highest BCUT2D eigenvalue weighted by atomic mass is 16.3. The third-order valence-electron chi connectivity index (χ3n) is 2.31. The van der Waals surface area contributed by atoms with Crippen LogP contribution in [0.2, 0.25) is 0 Å². The van der Waals surface area contributed by atoms with Crippen LogP contribution in [0.5, 0.6) is 0 Å². The predicted octanol–water partition coefficient (Wildman–Crippen LogP) is 0.449. The van der Waals surface area contributed by atoms with Gasteiger partial charge in [0.15, 0.2) is 11.5 Å². The van der Waals surface area contributed by atoms with E-state index >= 15 is 0 Å². The van der Waals surface area contributed by atoms with Gasteiger partial charge in [0.1, 0.15) is 0 Å². The monoisotopic (exact) mass is 249 g/mol. The third-order valence-corrected chi connectivity index (χ3v) is 2.31. The summed E-state index contributed by atoms with van der Waals surface area (Å²) in [5.41, 5.74) is 10.6. The van der Waals surface area contributed by atoms with Crippen LogP contribution in [0.3, 0.4) is 0 Å². The van der Waals surface area contributed by atoms with Gasteiger partial charge in [-0.2, -0.15) is 0 Å². The van der Waals surface area contributed by atoms with Gasteiger partial charge in [-0.05, 0) is 37.4 Å². The van der Waals surface area contributed by atoms with Crippen molar-refractivity contribution in [2.24, 2.45) is 11.5 Å². The average Bonchev–Trinajstić information content (AvgIpc) is 2.84. The summed E-state index contributed by atoms with van der Waals surface area (Å²) in [5, 5.41) is 2.78. The van der Waals surface area contributed by atoms with E-state index in [2.05, 4.69) is 17.2 Å². The first-order valence-corrected chi connectivity index (χ1v) is 6.05. The smallest absolute Gasteiger partial charge is 0.287 e. The lowest BCUT2D eigenvalue weighted by Gasteiger charge is -2.02. The van der Waals surface area contributed by atoms with Crippen LogP contribution < -0.4 is 16.8 Å². The second-order valence-corrected chi connectivity index (χ2v) is 3.78. The van der Waals surface area contributed by atoms with Crippen molar-refractivity contribution in [1.29, 1.82) is 0 Å². The van der Waals surface area contributed by atoms with Gasteiger partial charge < -0.3 is 21.2 Å². The molecule has 5 nitrogen and oxygen atoms in total. The van der Waals surface area contributed by atoms with E-state index in [1.165, 1.54) is 0 Å². The zero-order chi connectivity index (χ0) is 13.2. The van der Waals surface area contributed by atoms with E-state index in [4.69, 9.17) is 15.9 Å². The summed E-state index contributed by atoms with van der Waals surface area (Å²) >= 11 is 0. The molecule has 0 fully saturated rings. The summed E-state index contributed by atoms with van der Waals surface area (Å²) in [6, 6.07) is 3.27. The minimum absolute atomic E-state index is 0.219. The van der Waals surface area contributed by atoms with Gasteiger partial charge in [0.25, 0.3) is 5.91 Å². The van der Waals surface area contributed by atoms with Gasteiger partial charge in [-0.3, -0.25) is 4.79 Å². The molecular formula is C13H19N3O2. The van der Waals surface area contributed by atoms with Crippen molar-refractivity contribution in [3.05, 3.63) is 23.7 Å². The Morgan fingerprint density at radius 1 is 1.28 bits per heavy atom. The number of nitrogens with two attached hydrogens (primary N) is 2. The molecule has 5 N–H and O–H groups in total. The Kier molecular flexibility index (Phi) is 6.62. The molecule has 0 aliphatic rings. The van der Waals surface area contributed by atoms with Crippen LogP contribution >= 0.6 is 0 Å². The Morgan fingerprint density at radius 3 is 2.83 bits per heavy atom. The molecule has 1 aromatic heterocycles. The van der Waals surface area contributed by atoms with E-state index < -0.39 is 0 Å². The molecular weight excluding hydrogens is 230 g/mol. The summed E-state index contributed by atoms with van der Waals surface area (Å²) < 4.78 is 5.26. The second-order valence-electron chi connectivity index (χ2n) is 3.78. The molecule has 0 aliphatic heterocycles. The Balaban J connectivity index is 2.35. The number of hydrogen-bond donors (Lipinski definition) is 3. The summed E-state index contributed by atoms with van der Waals surface area (Å²) in [6.07, 6.45) is 2.92. The van der Waals surface area contributed by atoms with E-state index in [9.17, 15) is 4.79 Å². The van der Waals surface area contributed by atoms with Crippen LogP contribution in [0.25, 0.3) is 0 Å². The van der Waals surface area contributed by atoms with Crippen LogP contribution in [0.15, 0.2) is 16.5 Å². The highest BCUT2D eigenvalue weighted by Gasteiger charge is 2.09. The Hall–Kier alpha value is -1.77. The quantitative estimate of drug-likeness (QED) is 0.504. The number of rotatable bonds is 6. The van der Waals surface area contributed by atoms with Gasteiger partial charge in [-0.1, -0.05) is 12.3 Å². The molecule has 1 heterocycles. The minimum Gasteiger partial charge on any atom is -0.443 e. The first-order chi connectivity index (χ1) is 8.77. The fourth-order valence-electron chi connectivity index (χ4n) is 1.40. The van der Waals surface area contributed by atoms with Crippen LogP contribution in [-0.2, 0) is 0 Å². The van der Waals surface area contributed by atoms with E-state index in [1.54, 1.807) is 12.1 Å². The number of nitrogens with one attached hydrogen (secondary N) is 1. The summed E-state index contributed by atoms with van der Waals surface area (Å²) in [6.45, 7) is 1.59. The van der Waals surface area contributed by atoms with Crippen LogP contribution in [0, 0.1) is 11.8 Å². The normalized spacial score (nSPS) is 9.67. The zero-order valence-corrected chi connectivity index (χ0v) is 10.4. The first kappa shape index (κ1) is 14.3. The van der Waals surface area contributed by atoms with Gasteiger partial charge >= 0.3 is 0 Å². The molecule has 18 heavy (non-hydrogen) atoms. The van der Waals surface area contributed by atoms with Crippen molar-refractivity contribution in [2.75, 3.05) is 19.6 Å². The maximum Gasteiger partial charge on any atom is 0.287 e. The fraction of sp³-hybridized carbons (Fsp3) is 0.462. The molecule has 1 amide bonds. The fourth-order valence-corrected chi connectivity index (χ4v) is 1.40. The van der Waals surface area contributed by atoms with Gasteiger partial charge in [-0.15, -0.1) is 0 Å². The van der Waals surface area contributed by atoms with Crippen molar-refractivity contribution < 1.29 is 9.21 Å². The van der Waals surface area contributed by atoms with Gasteiger partial charge in [0, 0.05) is 6.54 Å². The van der Waals surface area contributed by atoms with Crippen molar-refractivity contribution in [2.45, 2.75) is 19.3 Å². The highest BCUT2D eigenvalue weighted by molar-refractivity contribution is 5.91. The zero-order valence-electron chi connectivity index (χ0n) is 10.4. The van der Waals surface area contributed by atoms with E-state index in [0.29, 0.717) is 18.8 Å². The lowest BCUT2D eigenvalue weighted by molar-refractivity contribution is 0.0925. The molecule has 0 unspecified atom stereocenters. The molecule has 0 atom stereocenters. The van der Waals surface area contributed by atoms with Crippen LogP contribution in [0.1, 0.15) is 35.6 Å². The molecule has 0 spiro atoms. The third kappa shape index (κ3) is 5.04. The summed E-state index contributed by atoms with van der Waals surface area (Å²) in [7, 11) is 0. The molecule has 0 saturated carbocycles. The molecule has 98 valence electrons. The number of amides is 1. The van der Waals surface area contributed by atoms with Crippen molar-refractivity contribution >= 4 is 5.91 Å². The summed E-state index contributed by atoms with van der Waals surface area (Å²) in [4.78, 5) is 11.7. The molecule has 0 radical (unpaired) electrons. The molecule has 1 aromatic rings. The predicted molar refractivity (Wildman–Crippen MR) is 69.9 cm³/mol. The van der Waals surface area contributed by atoms with Crippen LogP contribution in [0.4, 0.5) is 0 Å². The van der Waals surface area contributed by atoms with Crippen molar-refractivity contribution in [1.82, 2.24) is 5.32 Å². The number of unbranched alkanes of at least 4 members (excludes halogenated alkanes) is 2. The van der Waals surface area contributed by atoms with Gasteiger partial charge in [0.2, 0.25) is 0 Å². The second kappa shape index (κ2) is 8.34. The molecule has 0 aliphatic carbocycles. The molecule has 0 aromatic carbocycles. The Morgan fingerprint density at radius 2 is 2.11 bits per heavy atom. The average molecular weight is 249 g/mol. The highest BCUT2D eigenvalue weighted by Crippen LogP contribution is 2.06. The SMILES string of the molecule is NCC#Cc1ccc(C(=O)NCCCCCN)o1. The number of carbonyl (C=O) groups is 1. The molecule has 1 rings (SSSR count).